The van der Waals surface area contributed by atoms with E-state index in [1.807, 2.05) is 18.2 Å². The number of hydrogen-bond donors (Lipinski definition) is 0. The fourth-order valence-corrected chi connectivity index (χ4v) is 3.64. The highest BCUT2D eigenvalue weighted by Gasteiger charge is 2.20. The number of rotatable bonds is 3. The van der Waals surface area contributed by atoms with Crippen LogP contribution in [0.4, 0.5) is 0 Å². The van der Waals surface area contributed by atoms with Crippen LogP contribution in [0.5, 0.6) is 0 Å². The summed E-state index contributed by atoms with van der Waals surface area (Å²) >= 11 is 12.1. The minimum absolute atomic E-state index is 0.555. The molecule has 0 amide bonds. The first kappa shape index (κ1) is 14.2. The second-order valence-electron chi connectivity index (χ2n) is 5.62. The highest BCUT2D eigenvalue weighted by Crippen LogP contribution is 2.32. The molecule has 0 bridgehead atoms. The highest BCUT2D eigenvalue weighted by atomic mass is 35.5. The molecular weight excluding hydrogens is 291 g/mol. The molecule has 1 aliphatic rings. The fourth-order valence-electron chi connectivity index (χ4n) is 3.30. The molecule has 1 aromatic heterocycles. The Morgan fingerprint density at radius 2 is 1.90 bits per heavy atom. The average Bonchev–Trinajstić information content (AvgIpc) is 2.63. The maximum absolute atomic E-state index is 6.18. The molecule has 1 aliphatic carbocycles. The van der Waals surface area contributed by atoms with Gasteiger partial charge >= 0.3 is 0 Å². The molecule has 0 saturated heterocycles. The van der Waals surface area contributed by atoms with Gasteiger partial charge in [-0.1, -0.05) is 37.3 Å². The standard InChI is InChI=1S/C16H20Cl2N2/c17-10-9-16-19-14-8-7-12(18)11-15(14)20(16)13-5-3-1-2-4-6-13/h7-8,11,13H,1-6,9-10H2. The topological polar surface area (TPSA) is 17.8 Å². The number of aromatic nitrogens is 2. The molecule has 0 radical (unpaired) electrons. The molecule has 0 atom stereocenters. The van der Waals surface area contributed by atoms with Gasteiger partial charge in [-0.25, -0.2) is 4.98 Å². The molecule has 20 heavy (non-hydrogen) atoms. The van der Waals surface area contributed by atoms with Gasteiger partial charge in [0, 0.05) is 23.4 Å². The molecule has 2 nitrogen and oxygen atoms in total. The SMILES string of the molecule is ClCCc1nc2ccc(Cl)cc2n1C1CCCCCC1. The van der Waals surface area contributed by atoms with Gasteiger partial charge in [-0.3, -0.25) is 0 Å². The molecule has 1 saturated carbocycles. The molecule has 2 aromatic rings. The summed E-state index contributed by atoms with van der Waals surface area (Å²) in [6, 6.07) is 6.53. The Balaban J connectivity index is 2.08. The minimum Gasteiger partial charge on any atom is -0.325 e. The predicted octanol–water partition coefficient (Wildman–Crippen LogP) is 5.37. The van der Waals surface area contributed by atoms with E-state index >= 15 is 0 Å². The van der Waals surface area contributed by atoms with Crippen molar-refractivity contribution in [3.63, 3.8) is 0 Å². The van der Waals surface area contributed by atoms with E-state index < -0.39 is 0 Å². The lowest BCUT2D eigenvalue weighted by Gasteiger charge is -2.20. The molecule has 0 aliphatic heterocycles. The Hall–Kier alpha value is -0.730. The van der Waals surface area contributed by atoms with Crippen molar-refractivity contribution in [1.82, 2.24) is 9.55 Å². The third-order valence-electron chi connectivity index (χ3n) is 4.23. The molecule has 0 unspecified atom stereocenters. The molecule has 1 fully saturated rings. The van der Waals surface area contributed by atoms with E-state index in [0.29, 0.717) is 11.9 Å². The van der Waals surface area contributed by atoms with Gasteiger partial charge in [-0.15, -0.1) is 11.6 Å². The predicted molar refractivity (Wildman–Crippen MR) is 85.9 cm³/mol. The van der Waals surface area contributed by atoms with Crippen LogP contribution in [0, 0.1) is 0 Å². The summed E-state index contributed by atoms with van der Waals surface area (Å²) in [5.74, 6) is 1.73. The van der Waals surface area contributed by atoms with Gasteiger partial charge in [0.25, 0.3) is 0 Å². The maximum Gasteiger partial charge on any atom is 0.111 e. The van der Waals surface area contributed by atoms with E-state index in [2.05, 4.69) is 4.57 Å². The molecule has 0 spiro atoms. The minimum atomic E-state index is 0.555. The first-order valence-corrected chi connectivity index (χ1v) is 8.43. The van der Waals surface area contributed by atoms with E-state index in [4.69, 9.17) is 28.2 Å². The Bertz CT molecular complexity index is 583. The lowest BCUT2D eigenvalue weighted by Crippen LogP contribution is -2.12. The van der Waals surface area contributed by atoms with Crippen LogP contribution in [0.3, 0.4) is 0 Å². The number of halogens is 2. The summed E-state index contributed by atoms with van der Waals surface area (Å²) in [7, 11) is 0. The van der Waals surface area contributed by atoms with Crippen LogP contribution in [-0.4, -0.2) is 15.4 Å². The average molecular weight is 311 g/mol. The number of imidazole rings is 1. The number of benzene rings is 1. The van der Waals surface area contributed by atoms with Gasteiger partial charge in [0.05, 0.1) is 11.0 Å². The zero-order valence-corrected chi connectivity index (χ0v) is 13.1. The van der Waals surface area contributed by atoms with Gasteiger partial charge in [0.1, 0.15) is 5.82 Å². The zero-order chi connectivity index (χ0) is 13.9. The Labute approximate surface area is 130 Å². The van der Waals surface area contributed by atoms with Crippen molar-refractivity contribution < 1.29 is 0 Å². The first-order valence-electron chi connectivity index (χ1n) is 7.52. The number of aryl methyl sites for hydroxylation is 1. The summed E-state index contributed by atoms with van der Waals surface area (Å²) in [5.41, 5.74) is 2.21. The summed E-state index contributed by atoms with van der Waals surface area (Å²) < 4.78 is 2.41. The number of fused-ring (bicyclic) bond motifs is 1. The van der Waals surface area contributed by atoms with Crippen LogP contribution in [0.2, 0.25) is 5.02 Å². The second kappa shape index (κ2) is 6.36. The summed E-state index contributed by atoms with van der Waals surface area (Å²) in [6.45, 7) is 0. The molecule has 1 aromatic carbocycles. The van der Waals surface area contributed by atoms with Crippen molar-refractivity contribution >= 4 is 34.2 Å². The zero-order valence-electron chi connectivity index (χ0n) is 11.6. The summed E-state index contributed by atoms with van der Waals surface area (Å²) in [4.78, 5) is 4.77. The van der Waals surface area contributed by atoms with Crippen molar-refractivity contribution in [3.8, 4) is 0 Å². The molecule has 4 heteroatoms. The lowest BCUT2D eigenvalue weighted by atomic mass is 10.1. The lowest BCUT2D eigenvalue weighted by molar-refractivity contribution is 0.441. The normalized spacial score (nSPS) is 17.5. The quantitative estimate of drug-likeness (QED) is 0.550. The first-order chi connectivity index (χ1) is 9.79. The van der Waals surface area contributed by atoms with Gasteiger partial charge < -0.3 is 4.57 Å². The third-order valence-corrected chi connectivity index (χ3v) is 4.66. The molecule has 108 valence electrons. The van der Waals surface area contributed by atoms with Crippen molar-refractivity contribution in [1.29, 1.82) is 0 Å². The van der Waals surface area contributed by atoms with Crippen molar-refractivity contribution in [2.75, 3.05) is 5.88 Å². The van der Waals surface area contributed by atoms with Crippen molar-refractivity contribution in [3.05, 3.63) is 29.0 Å². The number of alkyl halides is 1. The maximum atomic E-state index is 6.18. The largest absolute Gasteiger partial charge is 0.325 e. The van der Waals surface area contributed by atoms with Crippen LogP contribution in [-0.2, 0) is 6.42 Å². The van der Waals surface area contributed by atoms with Crippen LogP contribution in [0.15, 0.2) is 18.2 Å². The molecule has 0 N–H and O–H groups in total. The van der Waals surface area contributed by atoms with Crippen molar-refractivity contribution in [2.45, 2.75) is 51.0 Å². The van der Waals surface area contributed by atoms with Gasteiger partial charge in [-0.05, 0) is 31.0 Å². The van der Waals surface area contributed by atoms with Crippen molar-refractivity contribution in [2.24, 2.45) is 0 Å². The number of nitrogens with zero attached hydrogens (tertiary/aromatic N) is 2. The Morgan fingerprint density at radius 3 is 2.60 bits per heavy atom. The van der Waals surface area contributed by atoms with E-state index in [-0.39, 0.29) is 0 Å². The van der Waals surface area contributed by atoms with Crippen LogP contribution < -0.4 is 0 Å². The van der Waals surface area contributed by atoms with Crippen LogP contribution in [0.25, 0.3) is 11.0 Å². The van der Waals surface area contributed by atoms with Crippen LogP contribution in [0.1, 0.15) is 50.4 Å². The highest BCUT2D eigenvalue weighted by molar-refractivity contribution is 6.31. The second-order valence-corrected chi connectivity index (χ2v) is 6.43. The molecule has 3 rings (SSSR count). The third kappa shape index (κ3) is 2.82. The van der Waals surface area contributed by atoms with Gasteiger partial charge in [0.2, 0.25) is 0 Å². The molecule has 1 heterocycles. The number of hydrogen-bond acceptors (Lipinski definition) is 1. The van der Waals surface area contributed by atoms with E-state index in [1.165, 1.54) is 44.0 Å². The summed E-state index contributed by atoms with van der Waals surface area (Å²) in [6.07, 6.45) is 8.64. The Morgan fingerprint density at radius 1 is 1.15 bits per heavy atom. The van der Waals surface area contributed by atoms with E-state index in [1.54, 1.807) is 0 Å². The Kier molecular flexibility index (Phi) is 4.52. The molecular formula is C16H20Cl2N2. The van der Waals surface area contributed by atoms with E-state index in [9.17, 15) is 0 Å². The fraction of sp³-hybridized carbons (Fsp3) is 0.562. The van der Waals surface area contributed by atoms with Gasteiger partial charge in [-0.2, -0.15) is 0 Å². The van der Waals surface area contributed by atoms with E-state index in [0.717, 1.165) is 22.8 Å². The van der Waals surface area contributed by atoms with Crippen LogP contribution >= 0.6 is 23.2 Å². The summed E-state index contributed by atoms with van der Waals surface area (Å²) in [5, 5.41) is 0.782. The monoisotopic (exact) mass is 310 g/mol. The van der Waals surface area contributed by atoms with Gasteiger partial charge in [0.15, 0.2) is 0 Å². The smallest absolute Gasteiger partial charge is 0.111 e.